The highest BCUT2D eigenvalue weighted by Gasteiger charge is 2.34. The highest BCUT2D eigenvalue weighted by atomic mass is 79.9. The van der Waals surface area contributed by atoms with Crippen LogP contribution in [0.2, 0.25) is 0 Å². The SMILES string of the molecule is CS(=O)(=O)N(CC(=O)N(Cc1ccc(Br)cc1)[C@@H](Cc1ccccc1)C(=O)NC1CCCCC1)c1ccc(Br)cc1. The zero-order valence-corrected chi connectivity index (χ0v) is 27.0. The minimum absolute atomic E-state index is 0.0643. The molecule has 0 bridgehead atoms. The van der Waals surface area contributed by atoms with Gasteiger partial charge in [-0.05, 0) is 60.4 Å². The standard InChI is InChI=1S/C31H35Br2N3O4S/c1-41(39,40)36(28-18-16-26(33)17-19-28)22-30(37)35(21-24-12-14-25(32)15-13-24)29(20-23-8-4-2-5-9-23)31(38)34-27-10-6-3-7-11-27/h2,4-5,8-9,12-19,27,29H,3,6-7,10-11,20-22H2,1H3,(H,34,38)/t29-/m0/s1. The van der Waals surface area contributed by atoms with Gasteiger partial charge in [-0.25, -0.2) is 8.42 Å². The van der Waals surface area contributed by atoms with Crippen LogP contribution in [0.3, 0.4) is 0 Å². The van der Waals surface area contributed by atoms with Crippen molar-refractivity contribution in [1.82, 2.24) is 10.2 Å². The minimum Gasteiger partial charge on any atom is -0.352 e. The van der Waals surface area contributed by atoms with Gasteiger partial charge in [0.25, 0.3) is 0 Å². The Morgan fingerprint density at radius 2 is 1.44 bits per heavy atom. The molecule has 0 radical (unpaired) electrons. The topological polar surface area (TPSA) is 86.8 Å². The second kappa shape index (κ2) is 14.5. The van der Waals surface area contributed by atoms with E-state index in [0.717, 1.165) is 62.7 Å². The fraction of sp³-hybridized carbons (Fsp3) is 0.355. The van der Waals surface area contributed by atoms with E-state index in [4.69, 9.17) is 0 Å². The molecule has 1 atom stereocenters. The number of sulfonamides is 1. The maximum absolute atomic E-state index is 14.2. The fourth-order valence-electron chi connectivity index (χ4n) is 5.11. The lowest BCUT2D eigenvalue weighted by Crippen LogP contribution is -2.55. The maximum Gasteiger partial charge on any atom is 0.244 e. The summed E-state index contributed by atoms with van der Waals surface area (Å²) in [5, 5.41) is 3.21. The minimum atomic E-state index is -3.80. The number of halogens is 2. The Labute approximate surface area is 259 Å². The van der Waals surface area contributed by atoms with Gasteiger partial charge < -0.3 is 10.2 Å². The lowest BCUT2D eigenvalue weighted by Gasteiger charge is -2.35. The van der Waals surface area contributed by atoms with Crippen LogP contribution in [0, 0.1) is 0 Å². The van der Waals surface area contributed by atoms with Crippen molar-refractivity contribution in [2.45, 2.75) is 57.2 Å². The third kappa shape index (κ3) is 9.15. The molecule has 0 aliphatic heterocycles. The molecule has 10 heteroatoms. The molecule has 0 unspecified atom stereocenters. The molecule has 1 aliphatic carbocycles. The largest absolute Gasteiger partial charge is 0.352 e. The Hall–Kier alpha value is -2.69. The molecule has 1 N–H and O–H groups in total. The highest BCUT2D eigenvalue weighted by molar-refractivity contribution is 9.10. The number of nitrogens with zero attached hydrogens (tertiary/aromatic N) is 2. The third-order valence-electron chi connectivity index (χ3n) is 7.28. The number of nitrogens with one attached hydrogen (secondary N) is 1. The second-order valence-electron chi connectivity index (χ2n) is 10.4. The number of hydrogen-bond donors (Lipinski definition) is 1. The number of amides is 2. The molecule has 7 nitrogen and oxygen atoms in total. The molecule has 2 amide bonds. The first-order valence-electron chi connectivity index (χ1n) is 13.7. The lowest BCUT2D eigenvalue weighted by atomic mass is 9.94. The van der Waals surface area contributed by atoms with Crippen molar-refractivity contribution >= 4 is 59.4 Å². The zero-order chi connectivity index (χ0) is 29.4. The predicted molar refractivity (Wildman–Crippen MR) is 170 cm³/mol. The summed E-state index contributed by atoms with van der Waals surface area (Å²) in [5.41, 5.74) is 2.12. The Kier molecular flexibility index (Phi) is 11.0. The van der Waals surface area contributed by atoms with Crippen molar-refractivity contribution in [3.63, 3.8) is 0 Å². The monoisotopic (exact) mass is 703 g/mol. The van der Waals surface area contributed by atoms with Crippen molar-refractivity contribution in [1.29, 1.82) is 0 Å². The first kappa shape index (κ1) is 31.3. The van der Waals surface area contributed by atoms with E-state index in [-0.39, 0.29) is 18.5 Å². The van der Waals surface area contributed by atoms with Gasteiger partial charge >= 0.3 is 0 Å². The van der Waals surface area contributed by atoms with Gasteiger partial charge in [0.2, 0.25) is 21.8 Å². The molecule has 0 aromatic heterocycles. The van der Waals surface area contributed by atoms with E-state index in [2.05, 4.69) is 37.2 Å². The summed E-state index contributed by atoms with van der Waals surface area (Å²) in [5.74, 6) is -0.679. The summed E-state index contributed by atoms with van der Waals surface area (Å²) in [7, 11) is -3.80. The molecule has 4 rings (SSSR count). The van der Waals surface area contributed by atoms with Crippen LogP contribution in [0.15, 0.2) is 87.8 Å². The van der Waals surface area contributed by atoms with Gasteiger partial charge in [0.05, 0.1) is 11.9 Å². The third-order valence-corrected chi connectivity index (χ3v) is 9.48. The zero-order valence-electron chi connectivity index (χ0n) is 23.0. The lowest BCUT2D eigenvalue weighted by molar-refractivity contribution is -0.140. The molecule has 0 spiro atoms. The molecule has 0 saturated heterocycles. The van der Waals surface area contributed by atoms with Crippen LogP contribution in [0.4, 0.5) is 5.69 Å². The molecule has 218 valence electrons. The normalized spacial score (nSPS) is 14.7. The van der Waals surface area contributed by atoms with E-state index < -0.39 is 28.5 Å². The summed E-state index contributed by atoms with van der Waals surface area (Å²) >= 11 is 6.83. The smallest absolute Gasteiger partial charge is 0.244 e. The fourth-order valence-corrected chi connectivity index (χ4v) is 6.48. The van der Waals surface area contributed by atoms with Crippen LogP contribution in [0.25, 0.3) is 0 Å². The van der Waals surface area contributed by atoms with Crippen LogP contribution < -0.4 is 9.62 Å². The quantitative estimate of drug-likeness (QED) is 0.263. The van der Waals surface area contributed by atoms with Gasteiger partial charge in [-0.1, -0.05) is 93.6 Å². The summed E-state index contributed by atoms with van der Waals surface area (Å²) < 4.78 is 28.6. The van der Waals surface area contributed by atoms with Crippen LogP contribution in [0.5, 0.6) is 0 Å². The van der Waals surface area contributed by atoms with Crippen LogP contribution in [-0.4, -0.2) is 50.0 Å². The van der Waals surface area contributed by atoms with Crippen molar-refractivity contribution in [3.05, 3.63) is 98.9 Å². The number of anilines is 1. The van der Waals surface area contributed by atoms with Gasteiger partial charge in [-0.2, -0.15) is 0 Å². The average Bonchev–Trinajstić information content (AvgIpc) is 2.95. The van der Waals surface area contributed by atoms with E-state index in [1.165, 1.54) is 4.90 Å². The molecule has 41 heavy (non-hydrogen) atoms. The van der Waals surface area contributed by atoms with E-state index in [1.807, 2.05) is 54.6 Å². The molecule has 1 aliphatic rings. The average molecular weight is 706 g/mol. The van der Waals surface area contributed by atoms with E-state index in [1.54, 1.807) is 24.3 Å². The molecule has 3 aromatic rings. The summed E-state index contributed by atoms with van der Waals surface area (Å²) in [4.78, 5) is 29.6. The van der Waals surface area contributed by atoms with Crippen LogP contribution in [0.1, 0.15) is 43.2 Å². The molecule has 0 heterocycles. The van der Waals surface area contributed by atoms with Gasteiger partial charge in [0.1, 0.15) is 12.6 Å². The predicted octanol–water partition coefficient (Wildman–Crippen LogP) is 6.07. The Morgan fingerprint density at radius 3 is 2.02 bits per heavy atom. The second-order valence-corrected chi connectivity index (χ2v) is 14.2. The molecular weight excluding hydrogens is 670 g/mol. The van der Waals surface area contributed by atoms with Crippen molar-refractivity contribution in [2.75, 3.05) is 17.1 Å². The summed E-state index contributed by atoms with van der Waals surface area (Å²) in [6.07, 6.45) is 6.49. The molecule has 1 saturated carbocycles. The van der Waals surface area contributed by atoms with Gasteiger partial charge in [-0.15, -0.1) is 0 Å². The molecular formula is C31H35Br2N3O4S. The maximum atomic E-state index is 14.2. The summed E-state index contributed by atoms with van der Waals surface area (Å²) in [6.45, 7) is -0.279. The van der Waals surface area contributed by atoms with Gasteiger partial charge in [0.15, 0.2) is 0 Å². The number of carbonyl (C=O) groups is 2. The molecule has 1 fully saturated rings. The van der Waals surface area contributed by atoms with Gasteiger partial charge in [-0.3, -0.25) is 13.9 Å². The van der Waals surface area contributed by atoms with E-state index in [0.29, 0.717) is 12.1 Å². The van der Waals surface area contributed by atoms with Crippen LogP contribution in [-0.2, 0) is 32.6 Å². The number of rotatable bonds is 11. The number of hydrogen-bond acceptors (Lipinski definition) is 4. The van der Waals surface area contributed by atoms with E-state index in [9.17, 15) is 18.0 Å². The molecule has 3 aromatic carbocycles. The Bertz CT molecular complexity index is 1410. The van der Waals surface area contributed by atoms with Gasteiger partial charge in [0, 0.05) is 28.0 Å². The Balaban J connectivity index is 1.71. The highest BCUT2D eigenvalue weighted by Crippen LogP contribution is 2.24. The Morgan fingerprint density at radius 1 is 0.854 bits per heavy atom. The van der Waals surface area contributed by atoms with Crippen molar-refractivity contribution in [3.8, 4) is 0 Å². The first-order valence-corrected chi connectivity index (χ1v) is 17.1. The first-order chi connectivity index (χ1) is 19.6. The van der Waals surface area contributed by atoms with Crippen molar-refractivity contribution < 1.29 is 18.0 Å². The number of benzene rings is 3. The summed E-state index contributed by atoms with van der Waals surface area (Å²) in [6, 6.07) is 23.2. The van der Waals surface area contributed by atoms with Crippen molar-refractivity contribution in [2.24, 2.45) is 0 Å². The number of carbonyl (C=O) groups excluding carboxylic acids is 2. The van der Waals surface area contributed by atoms with Crippen LogP contribution >= 0.6 is 31.9 Å². The van der Waals surface area contributed by atoms with E-state index >= 15 is 0 Å².